The van der Waals surface area contributed by atoms with Gasteiger partial charge in [0.05, 0.1) is 37.6 Å². The number of hydrogen-bond acceptors (Lipinski definition) is 8. The van der Waals surface area contributed by atoms with Crippen molar-refractivity contribution < 1.29 is 27.4 Å². The van der Waals surface area contributed by atoms with E-state index < -0.39 is 10.0 Å². The van der Waals surface area contributed by atoms with Gasteiger partial charge in [-0.15, -0.1) is 11.3 Å². The maximum Gasteiger partial charge on any atom is 0.242 e. The van der Waals surface area contributed by atoms with Crippen LogP contribution in [0.3, 0.4) is 0 Å². The fourth-order valence-corrected chi connectivity index (χ4v) is 6.39. The number of nitrogens with zero attached hydrogens (tertiary/aromatic N) is 4. The standard InChI is InChI=1S/C27H34N4O6S2/c1-29(2)39(33,34)21-10-6-9-20(17-21)28-27-31(14-8-13-30-12-7-11-25(30)32)22(18-38-27)19-15-23(35-3)26(37-5)24(16-19)36-4/h6,9-10,15-18H,7-8,11-14H2,1-5H3. The molecule has 2 heterocycles. The minimum absolute atomic E-state index is 0.175. The Bertz CT molecular complexity index is 1490. The molecule has 1 aliphatic heterocycles. The predicted octanol–water partition coefficient (Wildman–Crippen LogP) is 3.74. The molecule has 39 heavy (non-hydrogen) atoms. The fourth-order valence-electron chi connectivity index (χ4n) is 4.49. The number of aromatic nitrogens is 1. The lowest BCUT2D eigenvalue weighted by molar-refractivity contribution is -0.127. The average Bonchev–Trinajstić information content (AvgIpc) is 3.53. The Labute approximate surface area is 233 Å². The van der Waals surface area contributed by atoms with E-state index in [1.165, 1.54) is 29.7 Å². The first-order valence-electron chi connectivity index (χ1n) is 12.5. The van der Waals surface area contributed by atoms with E-state index in [9.17, 15) is 13.2 Å². The molecule has 0 aliphatic carbocycles. The lowest BCUT2D eigenvalue weighted by atomic mass is 10.1. The zero-order valence-corrected chi connectivity index (χ0v) is 24.5. The van der Waals surface area contributed by atoms with Crippen LogP contribution >= 0.6 is 11.3 Å². The molecule has 4 rings (SSSR count). The van der Waals surface area contributed by atoms with Gasteiger partial charge in [-0.3, -0.25) is 4.79 Å². The average molecular weight is 575 g/mol. The number of amides is 1. The summed E-state index contributed by atoms with van der Waals surface area (Å²) < 4.78 is 45.2. The van der Waals surface area contributed by atoms with Gasteiger partial charge in [-0.2, -0.15) is 0 Å². The van der Waals surface area contributed by atoms with E-state index in [1.54, 1.807) is 45.6 Å². The minimum atomic E-state index is -3.60. The summed E-state index contributed by atoms with van der Waals surface area (Å²) in [5, 5.41) is 2.00. The maximum atomic E-state index is 12.7. The Morgan fingerprint density at radius 2 is 1.74 bits per heavy atom. The molecule has 1 saturated heterocycles. The van der Waals surface area contributed by atoms with E-state index >= 15 is 0 Å². The number of sulfonamides is 1. The van der Waals surface area contributed by atoms with Crippen molar-refractivity contribution in [3.05, 3.63) is 46.6 Å². The minimum Gasteiger partial charge on any atom is -0.493 e. The number of rotatable bonds is 11. The van der Waals surface area contributed by atoms with Gasteiger partial charge in [0.25, 0.3) is 0 Å². The molecule has 0 saturated carbocycles. The second kappa shape index (κ2) is 12.2. The summed E-state index contributed by atoms with van der Waals surface area (Å²) in [4.78, 5) is 19.7. The van der Waals surface area contributed by atoms with Gasteiger partial charge in [-0.05, 0) is 43.2 Å². The SMILES string of the molecule is COc1cc(-c2csc(=Nc3cccc(S(=O)(=O)N(C)C)c3)n2CCCN2CCCC2=O)cc(OC)c1OC. The number of hydrogen-bond donors (Lipinski definition) is 0. The summed E-state index contributed by atoms with van der Waals surface area (Å²) >= 11 is 1.45. The van der Waals surface area contributed by atoms with Gasteiger partial charge in [-0.1, -0.05) is 6.07 Å². The fraction of sp³-hybridized carbons (Fsp3) is 0.407. The third-order valence-corrected chi connectivity index (χ3v) is 9.23. The first kappa shape index (κ1) is 28.7. The number of methoxy groups -OCH3 is 3. The van der Waals surface area contributed by atoms with Crippen molar-refractivity contribution in [2.75, 3.05) is 48.5 Å². The zero-order chi connectivity index (χ0) is 28.2. The molecule has 0 atom stereocenters. The summed E-state index contributed by atoms with van der Waals surface area (Å²) in [5.41, 5.74) is 2.27. The van der Waals surface area contributed by atoms with E-state index in [-0.39, 0.29) is 10.8 Å². The molecule has 0 spiro atoms. The van der Waals surface area contributed by atoms with Crippen molar-refractivity contribution in [3.8, 4) is 28.5 Å². The molecule has 2 aromatic carbocycles. The number of thiazole rings is 1. The maximum absolute atomic E-state index is 12.7. The van der Waals surface area contributed by atoms with Crippen LogP contribution in [0, 0.1) is 0 Å². The van der Waals surface area contributed by atoms with Crippen molar-refractivity contribution in [1.82, 2.24) is 13.8 Å². The lowest BCUT2D eigenvalue weighted by Crippen LogP contribution is -2.27. The molecule has 1 aliphatic rings. The van der Waals surface area contributed by atoms with Crippen LogP contribution < -0.4 is 19.0 Å². The van der Waals surface area contributed by atoms with Crippen LogP contribution in [-0.4, -0.2) is 76.6 Å². The second-order valence-electron chi connectivity index (χ2n) is 9.20. The lowest BCUT2D eigenvalue weighted by Gasteiger charge is -2.17. The number of carbonyl (C=O) groups is 1. The van der Waals surface area contributed by atoms with Crippen molar-refractivity contribution in [2.24, 2.45) is 4.99 Å². The Balaban J connectivity index is 1.79. The van der Waals surface area contributed by atoms with Crippen LogP contribution in [0.25, 0.3) is 11.3 Å². The van der Waals surface area contributed by atoms with E-state index in [0.29, 0.717) is 47.2 Å². The molecule has 1 fully saturated rings. The van der Waals surface area contributed by atoms with Crippen molar-refractivity contribution in [3.63, 3.8) is 0 Å². The number of ether oxygens (including phenoxy) is 3. The van der Waals surface area contributed by atoms with Crippen LogP contribution in [0.4, 0.5) is 5.69 Å². The third-order valence-electron chi connectivity index (χ3n) is 6.56. The summed E-state index contributed by atoms with van der Waals surface area (Å²) in [6.45, 7) is 2.05. The molecule has 0 radical (unpaired) electrons. The van der Waals surface area contributed by atoms with Crippen LogP contribution in [-0.2, 0) is 21.4 Å². The Morgan fingerprint density at radius 1 is 1.03 bits per heavy atom. The third kappa shape index (κ3) is 6.13. The van der Waals surface area contributed by atoms with Gasteiger partial charge < -0.3 is 23.7 Å². The van der Waals surface area contributed by atoms with Gasteiger partial charge >= 0.3 is 0 Å². The molecule has 3 aromatic rings. The highest BCUT2D eigenvalue weighted by Crippen LogP contribution is 2.41. The van der Waals surface area contributed by atoms with Crippen LogP contribution in [0.1, 0.15) is 19.3 Å². The Kier molecular flexibility index (Phi) is 8.98. The number of likely N-dealkylation sites (tertiary alicyclic amines) is 1. The molecule has 210 valence electrons. The van der Waals surface area contributed by atoms with E-state index in [0.717, 1.165) is 30.6 Å². The normalized spacial score (nSPS) is 14.4. The first-order chi connectivity index (χ1) is 18.7. The highest BCUT2D eigenvalue weighted by molar-refractivity contribution is 7.89. The Morgan fingerprint density at radius 3 is 2.33 bits per heavy atom. The number of benzene rings is 2. The summed E-state index contributed by atoms with van der Waals surface area (Å²) in [6, 6.07) is 10.4. The molecule has 1 amide bonds. The largest absolute Gasteiger partial charge is 0.493 e. The van der Waals surface area contributed by atoms with Gasteiger partial charge in [0, 0.05) is 51.1 Å². The van der Waals surface area contributed by atoms with Gasteiger partial charge in [0.2, 0.25) is 21.7 Å². The van der Waals surface area contributed by atoms with Crippen molar-refractivity contribution >= 4 is 33.0 Å². The predicted molar refractivity (Wildman–Crippen MR) is 150 cm³/mol. The Hall–Kier alpha value is -3.35. The molecular weight excluding hydrogens is 540 g/mol. The molecular formula is C27H34N4O6S2. The summed E-state index contributed by atoms with van der Waals surface area (Å²) in [7, 11) is 4.12. The van der Waals surface area contributed by atoms with Gasteiger partial charge in [-0.25, -0.2) is 17.7 Å². The smallest absolute Gasteiger partial charge is 0.242 e. The molecule has 0 N–H and O–H groups in total. The van der Waals surface area contributed by atoms with Crippen LogP contribution in [0.5, 0.6) is 17.2 Å². The molecule has 0 unspecified atom stereocenters. The zero-order valence-electron chi connectivity index (χ0n) is 22.8. The van der Waals surface area contributed by atoms with Crippen LogP contribution in [0.2, 0.25) is 0 Å². The van der Waals surface area contributed by atoms with Crippen molar-refractivity contribution in [2.45, 2.75) is 30.7 Å². The van der Waals surface area contributed by atoms with E-state index in [4.69, 9.17) is 19.2 Å². The van der Waals surface area contributed by atoms with Gasteiger partial charge in [0.15, 0.2) is 16.3 Å². The summed E-state index contributed by atoms with van der Waals surface area (Å²) in [5.74, 6) is 1.76. The first-order valence-corrected chi connectivity index (χ1v) is 14.9. The van der Waals surface area contributed by atoms with Crippen molar-refractivity contribution in [1.29, 1.82) is 0 Å². The molecule has 10 nitrogen and oxygen atoms in total. The quantitative estimate of drug-likeness (QED) is 0.346. The topological polar surface area (TPSA) is 103 Å². The van der Waals surface area contributed by atoms with Gasteiger partial charge in [0.1, 0.15) is 0 Å². The highest BCUT2D eigenvalue weighted by atomic mass is 32.2. The summed E-state index contributed by atoms with van der Waals surface area (Å²) in [6.07, 6.45) is 2.24. The number of carbonyl (C=O) groups excluding carboxylic acids is 1. The van der Waals surface area contributed by atoms with Crippen LogP contribution in [0.15, 0.2) is 51.7 Å². The van der Waals surface area contributed by atoms with E-state index in [1.807, 2.05) is 22.4 Å². The monoisotopic (exact) mass is 574 g/mol. The van der Waals surface area contributed by atoms with E-state index in [2.05, 4.69) is 4.57 Å². The molecule has 12 heteroatoms. The molecule has 1 aromatic heterocycles. The second-order valence-corrected chi connectivity index (χ2v) is 12.2. The highest BCUT2D eigenvalue weighted by Gasteiger charge is 2.21. The molecule has 0 bridgehead atoms.